The van der Waals surface area contributed by atoms with E-state index < -0.39 is 0 Å². The number of rotatable bonds is 10. The van der Waals surface area contributed by atoms with Gasteiger partial charge in [-0.2, -0.15) is 0 Å². The summed E-state index contributed by atoms with van der Waals surface area (Å²) in [6.07, 6.45) is 0. The van der Waals surface area contributed by atoms with E-state index in [2.05, 4.69) is 10.6 Å². The molecule has 0 radical (unpaired) electrons. The Hall–Kier alpha value is -2.32. The lowest BCUT2D eigenvalue weighted by molar-refractivity contribution is -0.862. The second-order valence-corrected chi connectivity index (χ2v) is 6.50. The van der Waals surface area contributed by atoms with E-state index >= 15 is 0 Å². The molecule has 3 N–H and O–H groups in total. The van der Waals surface area contributed by atoms with Gasteiger partial charge in [0.2, 0.25) is 5.91 Å². The number of amides is 3. The molecule has 1 aromatic carbocycles. The number of benzene rings is 1. The zero-order valence-electron chi connectivity index (χ0n) is 16.2. The molecule has 0 aliphatic carbocycles. The van der Waals surface area contributed by atoms with Crippen LogP contribution in [0.3, 0.4) is 0 Å². The van der Waals surface area contributed by atoms with Crippen molar-refractivity contribution < 1.29 is 24.0 Å². The normalized spacial score (nSPS) is 11.4. The Morgan fingerprint density at radius 3 is 2.48 bits per heavy atom. The van der Waals surface area contributed by atoms with Crippen molar-refractivity contribution in [3.8, 4) is 5.75 Å². The topological polar surface area (TPSA) is 92.2 Å². The minimum atomic E-state index is -0.271. The number of hydrogen-bond acceptors (Lipinski definition) is 4. The van der Waals surface area contributed by atoms with Crippen LogP contribution in [0.5, 0.6) is 5.75 Å². The maximum absolute atomic E-state index is 12.4. The lowest BCUT2D eigenvalue weighted by atomic mass is 10.3. The van der Waals surface area contributed by atoms with Crippen LogP contribution in [0.25, 0.3) is 0 Å². The van der Waals surface area contributed by atoms with Crippen molar-refractivity contribution in [1.29, 1.82) is 0 Å². The summed E-state index contributed by atoms with van der Waals surface area (Å²) >= 11 is 5.95. The SMILES string of the molecule is CCNC(=O)CN(CC)C(=O)C[NH+](C)CC(=O)Nc1cc(Cl)ccc1OC. The molecule has 150 valence electrons. The minimum Gasteiger partial charge on any atom is -0.495 e. The van der Waals surface area contributed by atoms with E-state index in [4.69, 9.17) is 16.3 Å². The molecule has 0 spiro atoms. The van der Waals surface area contributed by atoms with Gasteiger partial charge in [-0.3, -0.25) is 14.4 Å². The predicted octanol–water partition coefficient (Wildman–Crippen LogP) is -0.214. The first-order valence-corrected chi connectivity index (χ1v) is 9.17. The third-order valence-corrected chi connectivity index (χ3v) is 4.03. The molecule has 0 aromatic heterocycles. The number of anilines is 1. The Kier molecular flexibility index (Phi) is 9.60. The first-order valence-electron chi connectivity index (χ1n) is 8.79. The average molecular weight is 400 g/mol. The largest absolute Gasteiger partial charge is 0.495 e. The van der Waals surface area contributed by atoms with Gasteiger partial charge in [-0.25, -0.2) is 0 Å². The molecule has 0 heterocycles. The quantitative estimate of drug-likeness (QED) is 0.507. The van der Waals surface area contributed by atoms with E-state index in [-0.39, 0.29) is 37.4 Å². The number of nitrogens with zero attached hydrogens (tertiary/aromatic N) is 1. The molecule has 0 bridgehead atoms. The molecule has 0 saturated carbocycles. The van der Waals surface area contributed by atoms with E-state index in [9.17, 15) is 14.4 Å². The van der Waals surface area contributed by atoms with Crippen LogP contribution in [0.2, 0.25) is 5.02 Å². The molecule has 0 fully saturated rings. The van der Waals surface area contributed by atoms with Gasteiger partial charge in [0, 0.05) is 18.1 Å². The van der Waals surface area contributed by atoms with Crippen molar-refractivity contribution in [3.63, 3.8) is 0 Å². The summed E-state index contributed by atoms with van der Waals surface area (Å²) in [7, 11) is 3.25. The third kappa shape index (κ3) is 7.84. The number of carbonyl (C=O) groups excluding carboxylic acids is 3. The highest BCUT2D eigenvalue weighted by molar-refractivity contribution is 6.31. The Labute approximate surface area is 164 Å². The summed E-state index contributed by atoms with van der Waals surface area (Å²) < 4.78 is 5.19. The maximum atomic E-state index is 12.4. The van der Waals surface area contributed by atoms with Gasteiger partial charge in [-0.15, -0.1) is 0 Å². The number of ether oxygens (including phenoxy) is 1. The second-order valence-electron chi connectivity index (χ2n) is 6.06. The molecule has 1 rings (SSSR count). The first kappa shape index (κ1) is 22.7. The molecule has 0 aliphatic rings. The molecule has 0 aliphatic heterocycles. The van der Waals surface area contributed by atoms with Crippen molar-refractivity contribution in [2.75, 3.05) is 52.2 Å². The second kappa shape index (κ2) is 11.4. The number of carbonyl (C=O) groups is 3. The summed E-state index contributed by atoms with van der Waals surface area (Å²) in [5.41, 5.74) is 0.473. The lowest BCUT2D eigenvalue weighted by Crippen LogP contribution is -3.11. The monoisotopic (exact) mass is 399 g/mol. The van der Waals surface area contributed by atoms with E-state index in [1.807, 2.05) is 13.8 Å². The lowest BCUT2D eigenvalue weighted by Gasteiger charge is -2.22. The molecule has 3 amide bonds. The average Bonchev–Trinajstić information content (AvgIpc) is 2.59. The van der Waals surface area contributed by atoms with E-state index in [1.165, 1.54) is 12.0 Å². The molecule has 27 heavy (non-hydrogen) atoms. The van der Waals surface area contributed by atoms with Crippen molar-refractivity contribution >= 4 is 35.0 Å². The fourth-order valence-electron chi connectivity index (χ4n) is 2.48. The predicted molar refractivity (Wildman–Crippen MR) is 104 cm³/mol. The van der Waals surface area contributed by atoms with E-state index in [0.29, 0.717) is 34.4 Å². The van der Waals surface area contributed by atoms with Gasteiger partial charge in [0.15, 0.2) is 13.1 Å². The smallest absolute Gasteiger partial charge is 0.279 e. The third-order valence-electron chi connectivity index (χ3n) is 3.79. The number of quaternary nitrogens is 1. The van der Waals surface area contributed by atoms with Gasteiger partial charge < -0.3 is 25.2 Å². The Bertz CT molecular complexity index is 669. The van der Waals surface area contributed by atoms with E-state index in [1.54, 1.807) is 25.2 Å². The van der Waals surface area contributed by atoms with Crippen molar-refractivity contribution in [1.82, 2.24) is 10.2 Å². The van der Waals surface area contributed by atoms with Crippen LogP contribution < -0.4 is 20.3 Å². The summed E-state index contributed by atoms with van der Waals surface area (Å²) in [5.74, 6) is -0.154. The Morgan fingerprint density at radius 1 is 1.19 bits per heavy atom. The van der Waals surface area contributed by atoms with Gasteiger partial charge in [-0.1, -0.05) is 11.6 Å². The molecule has 8 nitrogen and oxygen atoms in total. The standard InChI is InChI=1S/C18H27ClN4O4/c1-5-20-16(24)11-23(6-2)18(26)12-22(3)10-17(25)21-14-9-13(19)7-8-15(14)27-4/h7-9H,5-6,10-12H2,1-4H3,(H,20,24)(H,21,25)/p+1. The molecule has 1 aromatic rings. The minimum absolute atomic E-state index is 0.0162. The zero-order chi connectivity index (χ0) is 20.4. The van der Waals surface area contributed by atoms with Crippen LogP contribution in [0.4, 0.5) is 5.69 Å². The van der Waals surface area contributed by atoms with E-state index in [0.717, 1.165) is 0 Å². The van der Waals surface area contributed by atoms with Crippen molar-refractivity contribution in [2.24, 2.45) is 0 Å². The number of methoxy groups -OCH3 is 1. The number of likely N-dealkylation sites (N-methyl/N-ethyl adjacent to an activating group) is 3. The first-order chi connectivity index (χ1) is 12.8. The number of halogens is 1. The van der Waals surface area contributed by atoms with Crippen molar-refractivity contribution in [3.05, 3.63) is 23.2 Å². The van der Waals surface area contributed by atoms with Gasteiger partial charge in [0.1, 0.15) is 5.75 Å². The molecular weight excluding hydrogens is 372 g/mol. The molecule has 1 atom stereocenters. The van der Waals surface area contributed by atoms with Crippen LogP contribution in [0.15, 0.2) is 18.2 Å². The molecule has 0 saturated heterocycles. The Morgan fingerprint density at radius 2 is 1.89 bits per heavy atom. The van der Waals surface area contributed by atoms with Gasteiger partial charge in [-0.05, 0) is 32.0 Å². The van der Waals surface area contributed by atoms with Crippen LogP contribution in [0.1, 0.15) is 13.8 Å². The highest BCUT2D eigenvalue weighted by Crippen LogP contribution is 2.27. The van der Waals surface area contributed by atoms with Crippen LogP contribution in [-0.4, -0.2) is 69.5 Å². The molecule has 1 unspecified atom stereocenters. The number of hydrogen-bond donors (Lipinski definition) is 3. The molecular formula is C18H28ClN4O4+. The molecule has 9 heteroatoms. The fourth-order valence-corrected chi connectivity index (χ4v) is 2.65. The number of nitrogens with one attached hydrogen (secondary N) is 3. The maximum Gasteiger partial charge on any atom is 0.279 e. The summed E-state index contributed by atoms with van der Waals surface area (Å²) in [6.45, 7) is 4.78. The van der Waals surface area contributed by atoms with Crippen LogP contribution >= 0.6 is 11.6 Å². The van der Waals surface area contributed by atoms with Gasteiger partial charge in [0.05, 0.1) is 26.4 Å². The van der Waals surface area contributed by atoms with Crippen LogP contribution in [0, 0.1) is 0 Å². The highest BCUT2D eigenvalue weighted by atomic mass is 35.5. The van der Waals surface area contributed by atoms with Gasteiger partial charge in [0.25, 0.3) is 11.8 Å². The Balaban J connectivity index is 2.58. The fraction of sp³-hybridized carbons (Fsp3) is 0.500. The summed E-state index contributed by atoms with van der Waals surface area (Å²) in [6, 6.07) is 4.93. The summed E-state index contributed by atoms with van der Waals surface area (Å²) in [5, 5.41) is 5.89. The summed E-state index contributed by atoms with van der Waals surface area (Å²) in [4.78, 5) is 38.5. The zero-order valence-corrected chi connectivity index (χ0v) is 17.0. The van der Waals surface area contributed by atoms with Crippen LogP contribution in [-0.2, 0) is 14.4 Å². The van der Waals surface area contributed by atoms with Gasteiger partial charge >= 0.3 is 0 Å². The van der Waals surface area contributed by atoms with Crippen molar-refractivity contribution in [2.45, 2.75) is 13.8 Å². The highest BCUT2D eigenvalue weighted by Gasteiger charge is 2.21.